The number of allylic oxidation sites excluding steroid dienone is 2. The second kappa shape index (κ2) is 18.3. The molecule has 6 aromatic rings. The fraction of sp³-hybridized carbons (Fsp3) is 0.480. The van der Waals surface area contributed by atoms with Crippen LogP contribution in [0.4, 0.5) is 0 Å². The van der Waals surface area contributed by atoms with Gasteiger partial charge in [0.05, 0.1) is 36.5 Å². The van der Waals surface area contributed by atoms with Crippen LogP contribution in [0.15, 0.2) is 101 Å². The van der Waals surface area contributed by atoms with Crippen LogP contribution < -0.4 is 11.1 Å². The molecule has 2 aromatic carbocycles. The number of likely N-dealkylation sites (tertiary alicyclic amines) is 2. The summed E-state index contributed by atoms with van der Waals surface area (Å²) in [5.41, 5.74) is 7.74. The van der Waals surface area contributed by atoms with Crippen molar-refractivity contribution in [3.05, 3.63) is 123 Å². The van der Waals surface area contributed by atoms with Gasteiger partial charge in [-0.15, -0.1) is 0 Å². The van der Waals surface area contributed by atoms with Crippen LogP contribution in [0.1, 0.15) is 102 Å². The number of fused-ring (bicyclic) bond motifs is 2. The first-order valence-corrected chi connectivity index (χ1v) is 22.9. The lowest BCUT2D eigenvalue weighted by Gasteiger charge is -2.26. The standard InChI is InChI=1S/C25H32N4O.C25H30N4O/c2*1-19-4-6-20(7-5-19)21-10-13-28(25(30)17-21)23-8-9-24-22(16-23)18-26-29(24)15-14-27-11-2-3-12-27/h8-10,13,16-20H,2-7,11-12,14-15H2,1H3;6,8-10,13,16-19H,2-5,7,11-12,14-15H2,1H3. The van der Waals surface area contributed by atoms with Crippen molar-refractivity contribution < 1.29 is 0 Å². The summed E-state index contributed by atoms with van der Waals surface area (Å²) in [7, 11) is 0. The third-order valence-electron chi connectivity index (χ3n) is 13.9. The highest BCUT2D eigenvalue weighted by atomic mass is 16.1. The Labute approximate surface area is 354 Å². The first kappa shape index (κ1) is 40.4. The zero-order chi connectivity index (χ0) is 41.0. The summed E-state index contributed by atoms with van der Waals surface area (Å²) in [5.74, 6) is 2.11. The summed E-state index contributed by atoms with van der Waals surface area (Å²) in [6, 6.07) is 20.3. The summed E-state index contributed by atoms with van der Waals surface area (Å²) < 4.78 is 7.67. The van der Waals surface area contributed by atoms with Crippen molar-refractivity contribution >= 4 is 27.4 Å². The molecule has 0 bridgehead atoms. The van der Waals surface area contributed by atoms with Gasteiger partial charge in [0.15, 0.2) is 0 Å². The van der Waals surface area contributed by atoms with Gasteiger partial charge >= 0.3 is 0 Å². The van der Waals surface area contributed by atoms with Crippen LogP contribution in [0.2, 0.25) is 0 Å². The van der Waals surface area contributed by atoms with Crippen LogP contribution >= 0.6 is 0 Å². The second-order valence-electron chi connectivity index (χ2n) is 18.2. The number of rotatable bonds is 10. The van der Waals surface area contributed by atoms with E-state index in [2.05, 4.69) is 85.7 Å². The molecule has 2 aliphatic carbocycles. The van der Waals surface area contributed by atoms with Gasteiger partial charge in [0.1, 0.15) is 0 Å². The topological polar surface area (TPSA) is 86.1 Å². The van der Waals surface area contributed by atoms with Crippen molar-refractivity contribution in [1.82, 2.24) is 38.5 Å². The highest BCUT2D eigenvalue weighted by molar-refractivity contribution is 5.81. The molecule has 10 nitrogen and oxygen atoms in total. The average molecular weight is 807 g/mol. The molecule has 1 saturated carbocycles. The van der Waals surface area contributed by atoms with Crippen LogP contribution in [0, 0.1) is 11.8 Å². The van der Waals surface area contributed by atoms with Crippen LogP contribution in [-0.2, 0) is 13.1 Å². The minimum absolute atomic E-state index is 0.0211. The van der Waals surface area contributed by atoms with Crippen LogP contribution in [-0.4, -0.2) is 77.8 Å². The maximum atomic E-state index is 12.9. The van der Waals surface area contributed by atoms with E-state index < -0.39 is 0 Å². The molecule has 1 unspecified atom stereocenters. The molecule has 0 radical (unpaired) electrons. The van der Waals surface area contributed by atoms with Gasteiger partial charge in [-0.2, -0.15) is 10.2 Å². The fourth-order valence-electron chi connectivity index (χ4n) is 9.96. The van der Waals surface area contributed by atoms with E-state index in [1.807, 2.05) is 43.0 Å². The molecule has 4 aliphatic rings. The van der Waals surface area contributed by atoms with E-state index in [9.17, 15) is 9.59 Å². The molecule has 60 heavy (non-hydrogen) atoms. The lowest BCUT2D eigenvalue weighted by molar-refractivity contribution is 0.318. The van der Waals surface area contributed by atoms with Crippen molar-refractivity contribution in [2.75, 3.05) is 39.3 Å². The van der Waals surface area contributed by atoms with E-state index in [0.29, 0.717) is 5.92 Å². The van der Waals surface area contributed by atoms with Crippen molar-refractivity contribution in [2.45, 2.75) is 103 Å². The van der Waals surface area contributed by atoms with Crippen molar-refractivity contribution in [2.24, 2.45) is 11.8 Å². The van der Waals surface area contributed by atoms with Crippen molar-refractivity contribution in [3.8, 4) is 11.4 Å². The van der Waals surface area contributed by atoms with E-state index in [1.165, 1.54) is 95.1 Å². The Balaban J connectivity index is 0.000000154. The molecular weight excluding hydrogens is 745 g/mol. The van der Waals surface area contributed by atoms with Gasteiger partial charge in [-0.1, -0.05) is 32.8 Å². The van der Waals surface area contributed by atoms with E-state index in [1.54, 1.807) is 15.2 Å². The summed E-state index contributed by atoms with van der Waals surface area (Å²) in [4.78, 5) is 30.7. The Morgan fingerprint density at radius 1 is 0.583 bits per heavy atom. The first-order chi connectivity index (χ1) is 29.3. The lowest BCUT2D eigenvalue weighted by Crippen LogP contribution is -2.24. The van der Waals surface area contributed by atoms with Gasteiger partial charge in [0.2, 0.25) is 0 Å². The van der Waals surface area contributed by atoms with Crippen molar-refractivity contribution in [1.29, 1.82) is 0 Å². The van der Waals surface area contributed by atoms with Gasteiger partial charge in [0.25, 0.3) is 11.1 Å². The van der Waals surface area contributed by atoms with Gasteiger partial charge in [-0.25, -0.2) is 0 Å². The summed E-state index contributed by atoms with van der Waals surface area (Å²) in [6.45, 7) is 13.4. The third kappa shape index (κ3) is 9.15. The summed E-state index contributed by atoms with van der Waals surface area (Å²) in [5, 5.41) is 11.4. The Bertz CT molecular complexity index is 2560. The zero-order valence-electron chi connectivity index (χ0n) is 35.7. The lowest BCUT2D eigenvalue weighted by atomic mass is 9.80. The third-order valence-corrected chi connectivity index (χ3v) is 13.9. The molecule has 3 fully saturated rings. The molecule has 2 saturated heterocycles. The average Bonchev–Trinajstić information content (AvgIpc) is 4.11. The van der Waals surface area contributed by atoms with Gasteiger partial charge in [-0.3, -0.25) is 28.1 Å². The Morgan fingerprint density at radius 3 is 1.65 bits per heavy atom. The van der Waals surface area contributed by atoms with Gasteiger partial charge in [-0.05, 0) is 167 Å². The molecular formula is C50H62N8O2. The monoisotopic (exact) mass is 806 g/mol. The second-order valence-corrected chi connectivity index (χ2v) is 18.2. The Kier molecular flexibility index (Phi) is 12.3. The number of pyridine rings is 2. The molecule has 6 heterocycles. The highest BCUT2D eigenvalue weighted by Crippen LogP contribution is 2.35. The predicted molar refractivity (Wildman–Crippen MR) is 243 cm³/mol. The molecule has 0 amide bonds. The van der Waals surface area contributed by atoms with E-state index in [-0.39, 0.29) is 11.1 Å². The minimum Gasteiger partial charge on any atom is -0.301 e. The van der Waals surface area contributed by atoms with Crippen LogP contribution in [0.25, 0.3) is 38.8 Å². The molecule has 4 aromatic heterocycles. The molecule has 10 heteroatoms. The van der Waals surface area contributed by atoms with E-state index in [0.717, 1.165) is 89.6 Å². The first-order valence-electron chi connectivity index (χ1n) is 22.9. The van der Waals surface area contributed by atoms with Crippen molar-refractivity contribution in [3.63, 3.8) is 0 Å². The summed E-state index contributed by atoms with van der Waals surface area (Å²) in [6.07, 6.45) is 23.6. The summed E-state index contributed by atoms with van der Waals surface area (Å²) >= 11 is 0. The Morgan fingerprint density at radius 2 is 1.13 bits per heavy atom. The number of nitrogens with zero attached hydrogens (tertiary/aromatic N) is 8. The Hall–Kier alpha value is -5.06. The number of hydrogen-bond acceptors (Lipinski definition) is 6. The minimum atomic E-state index is 0.0211. The van der Waals surface area contributed by atoms with Crippen LogP contribution in [0.3, 0.4) is 0 Å². The van der Waals surface area contributed by atoms with Gasteiger partial charge < -0.3 is 9.80 Å². The largest absolute Gasteiger partial charge is 0.301 e. The van der Waals surface area contributed by atoms with E-state index in [4.69, 9.17) is 0 Å². The van der Waals surface area contributed by atoms with E-state index >= 15 is 0 Å². The molecule has 1 atom stereocenters. The van der Waals surface area contributed by atoms with Gasteiger partial charge in [0, 0.05) is 59.8 Å². The molecule has 314 valence electrons. The SMILES string of the molecule is CC1CC=C(c2ccn(-c3ccc4c(cnn4CCN4CCCC4)c3)c(=O)c2)CC1.CC1CCC(c2ccn(-c3ccc4c(cnn4CCN4CCCC4)c3)c(=O)c2)CC1. The smallest absolute Gasteiger partial charge is 0.255 e. The maximum Gasteiger partial charge on any atom is 0.255 e. The zero-order valence-corrected chi connectivity index (χ0v) is 35.7. The molecule has 0 spiro atoms. The maximum absolute atomic E-state index is 12.9. The number of aromatic nitrogens is 6. The highest BCUT2D eigenvalue weighted by Gasteiger charge is 2.21. The quantitative estimate of drug-likeness (QED) is 0.137. The number of benzene rings is 2. The molecule has 0 N–H and O–H groups in total. The van der Waals surface area contributed by atoms with Crippen LogP contribution in [0.5, 0.6) is 0 Å². The molecule has 10 rings (SSSR count). The molecule has 2 aliphatic heterocycles. The predicted octanol–water partition coefficient (Wildman–Crippen LogP) is 9.06. The number of hydrogen-bond donors (Lipinski definition) is 0. The fourth-order valence-corrected chi connectivity index (χ4v) is 9.96. The normalized spacial score (nSPS) is 21.4.